The van der Waals surface area contributed by atoms with Crippen LogP contribution in [-0.2, 0) is 0 Å². The summed E-state index contributed by atoms with van der Waals surface area (Å²) < 4.78 is 0. The van der Waals surface area contributed by atoms with Gasteiger partial charge in [-0.3, -0.25) is 0 Å². The lowest BCUT2D eigenvalue weighted by molar-refractivity contribution is 0.342. The van der Waals surface area contributed by atoms with Crippen LogP contribution in [0.15, 0.2) is 12.2 Å². The van der Waals surface area contributed by atoms with Gasteiger partial charge in [-0.1, -0.05) is 26.0 Å². The van der Waals surface area contributed by atoms with E-state index in [1.54, 1.807) is 6.08 Å². The fourth-order valence-corrected chi connectivity index (χ4v) is 0.443. The van der Waals surface area contributed by atoms with Crippen LogP contribution in [0.2, 0.25) is 0 Å². The molecule has 0 radical (unpaired) electrons. The average Bonchev–Trinajstić information content (AvgIpc) is 1.66. The molecule has 1 heteroatoms. The molecule has 0 saturated heterocycles. The van der Waals surface area contributed by atoms with Crippen LogP contribution in [0.3, 0.4) is 0 Å². The zero-order valence-electron chi connectivity index (χ0n) is 5.59. The van der Waals surface area contributed by atoms with E-state index < -0.39 is 0 Å². The summed E-state index contributed by atoms with van der Waals surface area (Å²) in [5.41, 5.74) is 0. The van der Waals surface area contributed by atoms with Gasteiger partial charge in [0.1, 0.15) is 0 Å². The Labute approximate surface area is 51.0 Å². The van der Waals surface area contributed by atoms with Gasteiger partial charge in [-0.05, 0) is 12.3 Å². The molecule has 0 saturated carbocycles. The summed E-state index contributed by atoms with van der Waals surface area (Å²) in [6.45, 7) is 4.48. The Hall–Kier alpha value is -0.300. The molecule has 0 aliphatic heterocycles. The minimum atomic E-state index is 0.173. The minimum Gasteiger partial charge on any atom is -0.392 e. The van der Waals surface area contributed by atoms with Crippen molar-refractivity contribution in [3.8, 4) is 0 Å². The van der Waals surface area contributed by atoms with Gasteiger partial charge >= 0.3 is 0 Å². The highest BCUT2D eigenvalue weighted by Crippen LogP contribution is 1.98. The van der Waals surface area contributed by atoms with Gasteiger partial charge in [-0.15, -0.1) is 0 Å². The van der Waals surface area contributed by atoms with Gasteiger partial charge in [0, 0.05) is 0 Å². The fraction of sp³-hybridized carbons (Fsp3) is 0.714. The monoisotopic (exact) mass is 114 g/mol. The molecule has 0 fully saturated rings. The Kier molecular flexibility index (Phi) is 4.67. The normalized spacial score (nSPS) is 11.5. The maximum atomic E-state index is 8.29. The lowest BCUT2D eigenvalue weighted by Gasteiger charge is -1.94. The van der Waals surface area contributed by atoms with Crippen molar-refractivity contribution >= 4 is 0 Å². The molecule has 0 bridgehead atoms. The van der Waals surface area contributed by atoms with Gasteiger partial charge in [0.05, 0.1) is 6.61 Å². The maximum absolute atomic E-state index is 8.29. The molecule has 0 rings (SSSR count). The Bertz CT molecular complexity index is 64.8. The molecule has 0 atom stereocenters. The average molecular weight is 114 g/mol. The van der Waals surface area contributed by atoms with E-state index in [0.717, 1.165) is 6.42 Å². The van der Waals surface area contributed by atoms with E-state index in [0.29, 0.717) is 5.92 Å². The molecule has 0 amide bonds. The first kappa shape index (κ1) is 7.70. The molecule has 0 aromatic heterocycles. The van der Waals surface area contributed by atoms with Crippen molar-refractivity contribution in [2.45, 2.75) is 20.3 Å². The molecule has 48 valence electrons. The molecule has 0 aromatic carbocycles. The van der Waals surface area contributed by atoms with E-state index in [1.165, 1.54) is 0 Å². The Morgan fingerprint density at radius 1 is 1.38 bits per heavy atom. The van der Waals surface area contributed by atoms with Crippen molar-refractivity contribution in [1.82, 2.24) is 0 Å². The first-order chi connectivity index (χ1) is 3.77. The third-order valence-electron chi connectivity index (χ3n) is 0.880. The second-order valence-electron chi connectivity index (χ2n) is 2.28. The summed E-state index contributed by atoms with van der Waals surface area (Å²) in [7, 11) is 0. The largest absolute Gasteiger partial charge is 0.392 e. The predicted molar refractivity (Wildman–Crippen MR) is 35.7 cm³/mol. The van der Waals surface area contributed by atoms with Crippen LogP contribution in [0.4, 0.5) is 0 Å². The summed E-state index contributed by atoms with van der Waals surface area (Å²) >= 11 is 0. The molecule has 1 N–H and O–H groups in total. The molecule has 0 unspecified atom stereocenters. The Balaban J connectivity index is 3.03. The van der Waals surface area contributed by atoms with Crippen LogP contribution in [0.5, 0.6) is 0 Å². The fourth-order valence-electron chi connectivity index (χ4n) is 0.443. The highest BCUT2D eigenvalue weighted by molar-refractivity contribution is 4.81. The minimum absolute atomic E-state index is 0.173. The van der Waals surface area contributed by atoms with Crippen molar-refractivity contribution in [1.29, 1.82) is 0 Å². The summed E-state index contributed by atoms with van der Waals surface area (Å²) in [5.74, 6) is 0.706. The number of allylic oxidation sites excluding steroid dienone is 1. The van der Waals surface area contributed by atoms with E-state index in [-0.39, 0.29) is 6.61 Å². The number of hydrogen-bond donors (Lipinski definition) is 1. The topological polar surface area (TPSA) is 20.2 Å². The van der Waals surface area contributed by atoms with Crippen LogP contribution >= 0.6 is 0 Å². The van der Waals surface area contributed by atoms with Crippen LogP contribution in [0.25, 0.3) is 0 Å². The number of rotatable bonds is 3. The third kappa shape index (κ3) is 5.70. The first-order valence-electron chi connectivity index (χ1n) is 3.03. The standard InChI is InChI=1S/C7H14O/c1-7(2)5-3-4-6-8/h3-4,7-8H,5-6H2,1-2H3. The van der Waals surface area contributed by atoms with Crippen LogP contribution in [0, 0.1) is 5.92 Å². The zero-order chi connectivity index (χ0) is 6.41. The van der Waals surface area contributed by atoms with Crippen LogP contribution in [0.1, 0.15) is 20.3 Å². The molecule has 0 aliphatic carbocycles. The van der Waals surface area contributed by atoms with Gasteiger partial charge in [0.25, 0.3) is 0 Å². The van der Waals surface area contributed by atoms with Crippen molar-refractivity contribution in [3.63, 3.8) is 0 Å². The summed E-state index contributed by atoms with van der Waals surface area (Å²) in [4.78, 5) is 0. The highest BCUT2D eigenvalue weighted by atomic mass is 16.2. The summed E-state index contributed by atoms with van der Waals surface area (Å²) in [5, 5.41) is 8.29. The highest BCUT2D eigenvalue weighted by Gasteiger charge is 1.84. The molecular formula is C7H14O. The van der Waals surface area contributed by atoms with E-state index in [2.05, 4.69) is 13.8 Å². The van der Waals surface area contributed by atoms with Crippen LogP contribution in [-0.4, -0.2) is 11.7 Å². The predicted octanol–water partition coefficient (Wildman–Crippen LogP) is 1.58. The number of aliphatic hydroxyl groups is 1. The van der Waals surface area contributed by atoms with Crippen LogP contribution < -0.4 is 0 Å². The zero-order valence-corrected chi connectivity index (χ0v) is 5.59. The SMILES string of the molecule is CC(C)CC=CCO. The maximum Gasteiger partial charge on any atom is 0.0612 e. The van der Waals surface area contributed by atoms with Gasteiger partial charge in [0.15, 0.2) is 0 Å². The molecule has 0 aromatic rings. The second kappa shape index (κ2) is 4.85. The van der Waals surface area contributed by atoms with E-state index in [4.69, 9.17) is 5.11 Å². The van der Waals surface area contributed by atoms with E-state index in [1.807, 2.05) is 6.08 Å². The lowest BCUT2D eigenvalue weighted by Crippen LogP contribution is -1.81. The molecule has 1 nitrogen and oxygen atoms in total. The van der Waals surface area contributed by atoms with Gasteiger partial charge in [-0.2, -0.15) is 0 Å². The van der Waals surface area contributed by atoms with Crippen molar-refractivity contribution in [2.24, 2.45) is 5.92 Å². The van der Waals surface area contributed by atoms with Gasteiger partial charge in [-0.25, -0.2) is 0 Å². The number of hydrogen-bond acceptors (Lipinski definition) is 1. The molecule has 8 heavy (non-hydrogen) atoms. The summed E-state index contributed by atoms with van der Waals surface area (Å²) in [6, 6.07) is 0. The van der Waals surface area contributed by atoms with Crippen molar-refractivity contribution in [3.05, 3.63) is 12.2 Å². The quantitative estimate of drug-likeness (QED) is 0.552. The Morgan fingerprint density at radius 3 is 2.38 bits per heavy atom. The molecule has 0 aliphatic rings. The van der Waals surface area contributed by atoms with Crippen molar-refractivity contribution < 1.29 is 5.11 Å². The third-order valence-corrected chi connectivity index (χ3v) is 0.880. The second-order valence-corrected chi connectivity index (χ2v) is 2.28. The Morgan fingerprint density at radius 2 is 2.00 bits per heavy atom. The van der Waals surface area contributed by atoms with Gasteiger partial charge in [0.2, 0.25) is 0 Å². The van der Waals surface area contributed by atoms with Gasteiger partial charge < -0.3 is 5.11 Å². The number of aliphatic hydroxyl groups excluding tert-OH is 1. The molecule has 0 heterocycles. The smallest absolute Gasteiger partial charge is 0.0612 e. The summed E-state index contributed by atoms with van der Waals surface area (Å²) in [6.07, 6.45) is 4.85. The molecule has 0 spiro atoms. The van der Waals surface area contributed by atoms with Crippen molar-refractivity contribution in [2.75, 3.05) is 6.61 Å². The van der Waals surface area contributed by atoms with E-state index in [9.17, 15) is 0 Å². The lowest BCUT2D eigenvalue weighted by atomic mass is 10.1. The first-order valence-corrected chi connectivity index (χ1v) is 3.03. The van der Waals surface area contributed by atoms with E-state index >= 15 is 0 Å². The molecular weight excluding hydrogens is 100 g/mol.